The highest BCUT2D eigenvalue weighted by Crippen LogP contribution is 2.31. The van der Waals surface area contributed by atoms with Crippen molar-refractivity contribution in [2.24, 2.45) is 5.73 Å². The standard InChI is InChI=1S/C12H14N4O4/c1-3-8(13)11-14-12(20-15-11)7-4-5-10(19-2)9(6-7)16(17)18/h4-6,8H,3,13H2,1-2H3. The highest BCUT2D eigenvalue weighted by atomic mass is 16.6. The summed E-state index contributed by atoms with van der Waals surface area (Å²) in [6.45, 7) is 1.90. The highest BCUT2D eigenvalue weighted by molar-refractivity contribution is 5.62. The van der Waals surface area contributed by atoms with Gasteiger partial charge in [0, 0.05) is 11.6 Å². The first-order chi connectivity index (χ1) is 9.56. The third-order valence-electron chi connectivity index (χ3n) is 2.84. The van der Waals surface area contributed by atoms with Crippen LogP contribution in [0.3, 0.4) is 0 Å². The first-order valence-electron chi connectivity index (χ1n) is 5.98. The monoisotopic (exact) mass is 278 g/mol. The number of nitrogens with two attached hydrogens (primary N) is 1. The Hall–Kier alpha value is -2.48. The van der Waals surface area contributed by atoms with E-state index in [1.54, 1.807) is 6.07 Å². The molecule has 8 heteroatoms. The zero-order chi connectivity index (χ0) is 14.7. The fourth-order valence-corrected chi connectivity index (χ4v) is 1.65. The van der Waals surface area contributed by atoms with E-state index >= 15 is 0 Å². The molecule has 0 radical (unpaired) electrons. The van der Waals surface area contributed by atoms with E-state index in [2.05, 4.69) is 10.1 Å². The van der Waals surface area contributed by atoms with Crippen molar-refractivity contribution in [3.05, 3.63) is 34.1 Å². The number of nitro groups is 1. The summed E-state index contributed by atoms with van der Waals surface area (Å²) in [5, 5.41) is 14.7. The summed E-state index contributed by atoms with van der Waals surface area (Å²) in [4.78, 5) is 14.6. The fourth-order valence-electron chi connectivity index (χ4n) is 1.65. The lowest BCUT2D eigenvalue weighted by molar-refractivity contribution is -0.385. The van der Waals surface area contributed by atoms with Crippen molar-refractivity contribution in [3.8, 4) is 17.2 Å². The lowest BCUT2D eigenvalue weighted by Gasteiger charge is -2.02. The van der Waals surface area contributed by atoms with Crippen molar-refractivity contribution >= 4 is 5.69 Å². The number of aromatic nitrogens is 2. The average molecular weight is 278 g/mol. The molecule has 8 nitrogen and oxygen atoms in total. The van der Waals surface area contributed by atoms with Crippen molar-refractivity contribution in [1.29, 1.82) is 0 Å². The topological polar surface area (TPSA) is 117 Å². The second-order valence-corrected chi connectivity index (χ2v) is 4.12. The SMILES string of the molecule is CCC(N)c1noc(-c2ccc(OC)c([N+](=O)[O-])c2)n1. The summed E-state index contributed by atoms with van der Waals surface area (Å²) in [6, 6.07) is 4.10. The first-order valence-corrected chi connectivity index (χ1v) is 5.98. The van der Waals surface area contributed by atoms with Crippen LogP contribution in [0.2, 0.25) is 0 Å². The molecule has 0 bridgehead atoms. The molecule has 0 spiro atoms. The number of methoxy groups -OCH3 is 1. The van der Waals surface area contributed by atoms with Crippen LogP contribution in [0.1, 0.15) is 25.2 Å². The first kappa shape index (κ1) is 13.9. The van der Waals surface area contributed by atoms with Crippen molar-refractivity contribution in [1.82, 2.24) is 10.1 Å². The van der Waals surface area contributed by atoms with E-state index in [1.165, 1.54) is 19.2 Å². The minimum Gasteiger partial charge on any atom is -0.490 e. The second-order valence-electron chi connectivity index (χ2n) is 4.12. The average Bonchev–Trinajstić information content (AvgIpc) is 2.95. The molecule has 0 aliphatic rings. The third-order valence-corrected chi connectivity index (χ3v) is 2.84. The van der Waals surface area contributed by atoms with Gasteiger partial charge in [-0.15, -0.1) is 0 Å². The molecule has 0 fully saturated rings. The maximum atomic E-state index is 11.0. The molecule has 1 aromatic heterocycles. The largest absolute Gasteiger partial charge is 0.490 e. The normalized spacial score (nSPS) is 12.2. The van der Waals surface area contributed by atoms with Crippen molar-refractivity contribution in [2.75, 3.05) is 7.11 Å². The number of hydrogen-bond donors (Lipinski definition) is 1. The molecule has 2 rings (SSSR count). The number of rotatable bonds is 5. The van der Waals surface area contributed by atoms with Crippen LogP contribution in [0.15, 0.2) is 22.7 Å². The Morgan fingerprint density at radius 3 is 2.90 bits per heavy atom. The van der Waals surface area contributed by atoms with Crippen molar-refractivity contribution in [3.63, 3.8) is 0 Å². The predicted molar refractivity (Wildman–Crippen MR) is 70.2 cm³/mol. The van der Waals surface area contributed by atoms with E-state index in [4.69, 9.17) is 15.0 Å². The summed E-state index contributed by atoms with van der Waals surface area (Å²) in [6.07, 6.45) is 0.668. The Kier molecular flexibility index (Phi) is 3.94. The zero-order valence-electron chi connectivity index (χ0n) is 11.1. The van der Waals surface area contributed by atoms with Gasteiger partial charge in [0.15, 0.2) is 11.6 Å². The summed E-state index contributed by atoms with van der Waals surface area (Å²) >= 11 is 0. The van der Waals surface area contributed by atoms with E-state index in [9.17, 15) is 10.1 Å². The van der Waals surface area contributed by atoms with Gasteiger partial charge in [-0.1, -0.05) is 12.1 Å². The molecule has 106 valence electrons. The lowest BCUT2D eigenvalue weighted by atomic mass is 10.2. The molecule has 1 heterocycles. The Labute approximate surface area is 114 Å². The third kappa shape index (κ3) is 2.59. The molecule has 1 aromatic carbocycles. The molecule has 1 atom stereocenters. The maximum absolute atomic E-state index is 11.0. The van der Waals surface area contributed by atoms with Gasteiger partial charge in [-0.25, -0.2) is 0 Å². The van der Waals surface area contributed by atoms with E-state index in [0.29, 0.717) is 17.8 Å². The quantitative estimate of drug-likeness (QED) is 0.656. The Morgan fingerprint density at radius 2 is 2.30 bits per heavy atom. The molecule has 0 saturated carbocycles. The van der Waals surface area contributed by atoms with E-state index < -0.39 is 4.92 Å². The molecular formula is C12H14N4O4. The molecule has 20 heavy (non-hydrogen) atoms. The molecule has 0 aliphatic carbocycles. The van der Waals surface area contributed by atoms with Crippen LogP contribution in [0.25, 0.3) is 11.5 Å². The van der Waals surface area contributed by atoms with Crippen LogP contribution in [-0.4, -0.2) is 22.2 Å². The number of ether oxygens (including phenoxy) is 1. The van der Waals surface area contributed by atoms with Crippen LogP contribution in [-0.2, 0) is 0 Å². The molecule has 0 aliphatic heterocycles. The van der Waals surface area contributed by atoms with Crippen LogP contribution >= 0.6 is 0 Å². The molecule has 2 aromatic rings. The number of hydrogen-bond acceptors (Lipinski definition) is 7. The number of nitrogens with zero attached hydrogens (tertiary/aromatic N) is 3. The Bertz CT molecular complexity index is 626. The smallest absolute Gasteiger partial charge is 0.311 e. The van der Waals surface area contributed by atoms with E-state index in [-0.39, 0.29) is 23.4 Å². The van der Waals surface area contributed by atoms with Crippen LogP contribution < -0.4 is 10.5 Å². The van der Waals surface area contributed by atoms with Gasteiger partial charge in [0.05, 0.1) is 18.1 Å². The van der Waals surface area contributed by atoms with E-state index in [1.807, 2.05) is 6.92 Å². The summed E-state index contributed by atoms with van der Waals surface area (Å²) in [5.41, 5.74) is 6.08. The molecule has 0 amide bonds. The lowest BCUT2D eigenvalue weighted by Crippen LogP contribution is -2.10. The van der Waals surface area contributed by atoms with Gasteiger partial charge < -0.3 is 15.0 Å². The second kappa shape index (κ2) is 5.66. The Balaban J connectivity index is 2.40. The fraction of sp³-hybridized carbons (Fsp3) is 0.333. The van der Waals surface area contributed by atoms with Gasteiger partial charge in [0.2, 0.25) is 0 Å². The van der Waals surface area contributed by atoms with Crippen LogP contribution in [0.4, 0.5) is 5.69 Å². The van der Waals surface area contributed by atoms with Gasteiger partial charge in [0.1, 0.15) is 0 Å². The number of benzene rings is 1. The number of nitro benzene ring substituents is 1. The van der Waals surface area contributed by atoms with Gasteiger partial charge in [0.25, 0.3) is 5.89 Å². The van der Waals surface area contributed by atoms with Gasteiger partial charge in [-0.3, -0.25) is 10.1 Å². The van der Waals surface area contributed by atoms with Crippen LogP contribution in [0.5, 0.6) is 5.75 Å². The maximum Gasteiger partial charge on any atom is 0.311 e. The molecule has 1 unspecified atom stereocenters. The summed E-state index contributed by atoms with van der Waals surface area (Å²) < 4.78 is 10.0. The van der Waals surface area contributed by atoms with Gasteiger partial charge in [-0.2, -0.15) is 4.98 Å². The summed E-state index contributed by atoms with van der Waals surface area (Å²) in [7, 11) is 1.37. The van der Waals surface area contributed by atoms with E-state index in [0.717, 1.165) is 0 Å². The van der Waals surface area contributed by atoms with Crippen molar-refractivity contribution < 1.29 is 14.2 Å². The molecule has 2 N–H and O–H groups in total. The Morgan fingerprint density at radius 1 is 1.55 bits per heavy atom. The summed E-state index contributed by atoms with van der Waals surface area (Å²) in [5.74, 6) is 0.736. The van der Waals surface area contributed by atoms with Crippen LogP contribution in [0, 0.1) is 10.1 Å². The zero-order valence-corrected chi connectivity index (χ0v) is 11.1. The predicted octanol–water partition coefficient (Wildman–Crippen LogP) is 2.06. The highest BCUT2D eigenvalue weighted by Gasteiger charge is 2.19. The van der Waals surface area contributed by atoms with Crippen molar-refractivity contribution in [2.45, 2.75) is 19.4 Å². The van der Waals surface area contributed by atoms with Gasteiger partial charge in [-0.05, 0) is 18.6 Å². The molecular weight excluding hydrogens is 264 g/mol. The minimum absolute atomic E-state index is 0.162. The minimum atomic E-state index is -0.530. The molecule has 0 saturated heterocycles. The van der Waals surface area contributed by atoms with Gasteiger partial charge >= 0.3 is 5.69 Å².